The van der Waals surface area contributed by atoms with E-state index in [9.17, 15) is 13.2 Å². The van der Waals surface area contributed by atoms with Crippen molar-refractivity contribution in [2.75, 3.05) is 5.73 Å². The van der Waals surface area contributed by atoms with Gasteiger partial charge >= 0.3 is 6.61 Å². The van der Waals surface area contributed by atoms with Gasteiger partial charge in [0.15, 0.2) is 11.6 Å². The number of ether oxygens (including phenoxy) is 1. The van der Waals surface area contributed by atoms with E-state index in [-0.39, 0.29) is 5.69 Å². The van der Waals surface area contributed by atoms with Gasteiger partial charge in [-0.3, -0.25) is 0 Å². The fraction of sp³-hybridized carbons (Fsp3) is 0.400. The fourth-order valence-corrected chi connectivity index (χ4v) is 1.32. The number of halogens is 3. The van der Waals surface area contributed by atoms with Gasteiger partial charge in [0.25, 0.3) is 0 Å². The van der Waals surface area contributed by atoms with Crippen molar-refractivity contribution in [2.24, 2.45) is 0 Å². The van der Waals surface area contributed by atoms with Crippen LogP contribution in [0.4, 0.5) is 18.9 Å². The molecule has 15 heavy (non-hydrogen) atoms. The number of anilines is 1. The molecule has 5 heteroatoms. The monoisotopic (exact) mass is 219 g/mol. The standard InChI is InChI=1S/C10H12F3NO/c1-2-3-6-4-7(11)9(8(14)5-6)15-10(12)13/h4-5,10H,2-3,14H2,1H3. The number of benzene rings is 1. The molecule has 84 valence electrons. The Morgan fingerprint density at radius 2 is 2.07 bits per heavy atom. The quantitative estimate of drug-likeness (QED) is 0.790. The van der Waals surface area contributed by atoms with Gasteiger partial charge in [0.05, 0.1) is 5.69 Å². The van der Waals surface area contributed by atoms with Gasteiger partial charge in [0.2, 0.25) is 0 Å². The Morgan fingerprint density at radius 1 is 1.40 bits per heavy atom. The molecule has 0 aliphatic carbocycles. The summed E-state index contributed by atoms with van der Waals surface area (Å²) in [6.07, 6.45) is 1.48. The average Bonchev–Trinajstić information content (AvgIpc) is 2.11. The van der Waals surface area contributed by atoms with E-state index in [4.69, 9.17) is 5.73 Å². The van der Waals surface area contributed by atoms with E-state index in [1.54, 1.807) is 0 Å². The minimum absolute atomic E-state index is 0.0984. The Hall–Kier alpha value is -1.39. The molecule has 0 amide bonds. The maximum Gasteiger partial charge on any atom is 0.387 e. The van der Waals surface area contributed by atoms with Gasteiger partial charge < -0.3 is 10.5 Å². The summed E-state index contributed by atoms with van der Waals surface area (Å²) in [5, 5.41) is 0. The third-order valence-corrected chi connectivity index (χ3v) is 1.88. The minimum Gasteiger partial charge on any atom is -0.429 e. The van der Waals surface area contributed by atoms with Crippen molar-refractivity contribution in [2.45, 2.75) is 26.4 Å². The topological polar surface area (TPSA) is 35.2 Å². The van der Waals surface area contributed by atoms with Crippen molar-refractivity contribution >= 4 is 5.69 Å². The predicted molar refractivity (Wildman–Crippen MR) is 51.4 cm³/mol. The largest absolute Gasteiger partial charge is 0.429 e. The lowest BCUT2D eigenvalue weighted by Gasteiger charge is -2.10. The van der Waals surface area contributed by atoms with Crippen molar-refractivity contribution < 1.29 is 17.9 Å². The first-order valence-corrected chi connectivity index (χ1v) is 4.57. The van der Waals surface area contributed by atoms with E-state index in [0.717, 1.165) is 12.5 Å². The summed E-state index contributed by atoms with van der Waals surface area (Å²) >= 11 is 0. The fourth-order valence-electron chi connectivity index (χ4n) is 1.32. The van der Waals surface area contributed by atoms with Crippen LogP contribution in [0.1, 0.15) is 18.9 Å². The number of hydrogen-bond donors (Lipinski definition) is 1. The summed E-state index contributed by atoms with van der Waals surface area (Å²) < 4.78 is 41.0. The molecule has 1 aromatic carbocycles. The van der Waals surface area contributed by atoms with Crippen molar-refractivity contribution in [3.05, 3.63) is 23.5 Å². The zero-order chi connectivity index (χ0) is 11.4. The van der Waals surface area contributed by atoms with Crippen molar-refractivity contribution in [1.82, 2.24) is 0 Å². The highest BCUT2D eigenvalue weighted by molar-refractivity contribution is 5.55. The van der Waals surface area contributed by atoms with E-state index >= 15 is 0 Å². The molecule has 0 spiro atoms. The maximum absolute atomic E-state index is 13.3. The SMILES string of the molecule is CCCc1cc(N)c(OC(F)F)c(F)c1. The van der Waals surface area contributed by atoms with Gasteiger partial charge in [-0.05, 0) is 24.1 Å². The minimum atomic E-state index is -3.07. The molecular formula is C10H12F3NO. The van der Waals surface area contributed by atoms with Gasteiger partial charge in [-0.15, -0.1) is 0 Å². The number of aryl methyl sites for hydroxylation is 1. The van der Waals surface area contributed by atoms with E-state index in [1.165, 1.54) is 6.07 Å². The highest BCUT2D eigenvalue weighted by atomic mass is 19.3. The molecule has 1 rings (SSSR count). The van der Waals surface area contributed by atoms with Crippen LogP contribution in [0.25, 0.3) is 0 Å². The second kappa shape index (κ2) is 4.91. The molecule has 0 fully saturated rings. The smallest absolute Gasteiger partial charge is 0.387 e. The number of nitrogens with two attached hydrogens (primary N) is 1. The Balaban J connectivity index is 2.98. The highest BCUT2D eigenvalue weighted by Crippen LogP contribution is 2.28. The van der Waals surface area contributed by atoms with Crippen LogP contribution in [0, 0.1) is 5.82 Å². The zero-order valence-corrected chi connectivity index (χ0v) is 8.27. The van der Waals surface area contributed by atoms with E-state index in [0.29, 0.717) is 12.0 Å². The Labute approximate surface area is 85.8 Å². The lowest BCUT2D eigenvalue weighted by Crippen LogP contribution is -2.07. The van der Waals surface area contributed by atoms with E-state index in [2.05, 4.69) is 4.74 Å². The van der Waals surface area contributed by atoms with Crippen molar-refractivity contribution in [3.8, 4) is 5.75 Å². The van der Waals surface area contributed by atoms with Crippen molar-refractivity contribution in [3.63, 3.8) is 0 Å². The molecule has 0 saturated heterocycles. The summed E-state index contributed by atoms with van der Waals surface area (Å²) in [6.45, 7) is -1.14. The van der Waals surface area contributed by atoms with Crippen LogP contribution < -0.4 is 10.5 Å². The third kappa shape index (κ3) is 3.04. The molecule has 0 bridgehead atoms. The molecule has 0 aliphatic heterocycles. The van der Waals surface area contributed by atoms with Crippen LogP contribution in [0.15, 0.2) is 12.1 Å². The van der Waals surface area contributed by atoms with Crippen LogP contribution in [0.2, 0.25) is 0 Å². The Bertz CT molecular complexity index is 318. The first-order valence-electron chi connectivity index (χ1n) is 4.57. The van der Waals surface area contributed by atoms with Crippen molar-refractivity contribution in [1.29, 1.82) is 0 Å². The molecule has 2 nitrogen and oxygen atoms in total. The second-order valence-electron chi connectivity index (χ2n) is 3.12. The van der Waals surface area contributed by atoms with Gasteiger partial charge in [-0.25, -0.2) is 4.39 Å². The second-order valence-corrected chi connectivity index (χ2v) is 3.12. The molecule has 0 saturated carbocycles. The summed E-state index contributed by atoms with van der Waals surface area (Å²) in [4.78, 5) is 0. The number of hydrogen-bond acceptors (Lipinski definition) is 2. The molecular weight excluding hydrogens is 207 g/mol. The number of alkyl halides is 2. The van der Waals surface area contributed by atoms with Crippen LogP contribution in [0.3, 0.4) is 0 Å². The highest BCUT2D eigenvalue weighted by Gasteiger charge is 2.14. The molecule has 2 N–H and O–H groups in total. The molecule has 1 aromatic rings. The van der Waals surface area contributed by atoms with Crippen LogP contribution in [-0.2, 0) is 6.42 Å². The molecule has 0 aromatic heterocycles. The number of rotatable bonds is 4. The van der Waals surface area contributed by atoms with E-state index in [1.807, 2.05) is 6.92 Å². The van der Waals surface area contributed by atoms with E-state index < -0.39 is 18.2 Å². The first-order chi connectivity index (χ1) is 7.04. The molecule has 0 heterocycles. The van der Waals surface area contributed by atoms with Gasteiger partial charge in [-0.2, -0.15) is 8.78 Å². The van der Waals surface area contributed by atoms with Crippen LogP contribution in [0.5, 0.6) is 5.75 Å². The lowest BCUT2D eigenvalue weighted by molar-refractivity contribution is -0.0516. The zero-order valence-electron chi connectivity index (χ0n) is 8.27. The lowest BCUT2D eigenvalue weighted by atomic mass is 10.1. The molecule has 0 radical (unpaired) electrons. The summed E-state index contributed by atoms with van der Waals surface area (Å²) in [6, 6.07) is 2.61. The Kier molecular flexibility index (Phi) is 3.82. The van der Waals surface area contributed by atoms with Gasteiger partial charge in [-0.1, -0.05) is 13.3 Å². The molecule has 0 atom stereocenters. The van der Waals surface area contributed by atoms with Crippen LogP contribution >= 0.6 is 0 Å². The predicted octanol–water partition coefficient (Wildman–Crippen LogP) is 2.96. The van der Waals surface area contributed by atoms with Gasteiger partial charge in [0.1, 0.15) is 0 Å². The maximum atomic E-state index is 13.3. The summed E-state index contributed by atoms with van der Waals surface area (Å²) in [5.41, 5.74) is 5.98. The van der Waals surface area contributed by atoms with Gasteiger partial charge in [0, 0.05) is 0 Å². The van der Waals surface area contributed by atoms with Crippen LogP contribution in [-0.4, -0.2) is 6.61 Å². The molecule has 0 aliphatic rings. The Morgan fingerprint density at radius 3 is 2.53 bits per heavy atom. The normalized spacial score (nSPS) is 10.7. The number of nitrogen functional groups attached to an aromatic ring is 1. The molecule has 0 unspecified atom stereocenters. The first kappa shape index (κ1) is 11.7. The summed E-state index contributed by atoms with van der Waals surface area (Å²) in [5.74, 6) is -1.43. The summed E-state index contributed by atoms with van der Waals surface area (Å²) in [7, 11) is 0. The third-order valence-electron chi connectivity index (χ3n) is 1.88. The average molecular weight is 219 g/mol.